The number of H-pyrrole nitrogens is 1. The molecule has 1 unspecified atom stereocenters. The molecule has 4 aliphatic heterocycles. The van der Waals surface area contributed by atoms with Crippen molar-refractivity contribution >= 4 is 17.3 Å². The van der Waals surface area contributed by atoms with Gasteiger partial charge in [-0.3, -0.25) is 4.79 Å². The fourth-order valence-electron chi connectivity index (χ4n) is 7.05. The van der Waals surface area contributed by atoms with Gasteiger partial charge in [-0.1, -0.05) is 18.2 Å². The SMILES string of the molecule is O=CN1CCC[C@H]2[C@@H]1[C@H]1CC[C@@H]2[NH+]2CCc3c([nH]c4ccccc34)[C@H]12. The van der Waals surface area contributed by atoms with Gasteiger partial charge in [0.15, 0.2) is 0 Å². The minimum absolute atomic E-state index is 0.483. The van der Waals surface area contributed by atoms with Gasteiger partial charge in [-0.2, -0.15) is 0 Å². The number of benzene rings is 1. The van der Waals surface area contributed by atoms with Crippen LogP contribution >= 0.6 is 0 Å². The molecule has 1 saturated carbocycles. The molecule has 5 aliphatic rings. The zero-order valence-corrected chi connectivity index (χ0v) is 14.6. The molecule has 2 aromatic rings. The van der Waals surface area contributed by atoms with E-state index in [1.54, 1.807) is 5.56 Å². The van der Waals surface area contributed by atoms with Crippen LogP contribution in [0.5, 0.6) is 0 Å². The van der Waals surface area contributed by atoms with E-state index in [9.17, 15) is 4.79 Å². The van der Waals surface area contributed by atoms with E-state index in [-0.39, 0.29) is 0 Å². The molecular formula is C21H26N3O+. The van der Waals surface area contributed by atoms with Gasteiger partial charge in [0.1, 0.15) is 6.04 Å². The summed E-state index contributed by atoms with van der Waals surface area (Å²) < 4.78 is 0. The number of carbonyl (C=O) groups excluding carboxylic acids is 1. The van der Waals surface area contributed by atoms with Crippen LogP contribution in [0, 0.1) is 11.8 Å². The molecule has 0 radical (unpaired) electrons. The average molecular weight is 336 g/mol. The third-order valence-electron chi connectivity index (χ3n) is 7.80. The van der Waals surface area contributed by atoms with Crippen molar-refractivity contribution in [1.82, 2.24) is 9.88 Å². The average Bonchev–Trinajstić information content (AvgIpc) is 3.06. The first-order chi connectivity index (χ1) is 12.4. The molecule has 4 heteroatoms. The van der Waals surface area contributed by atoms with E-state index in [1.807, 2.05) is 4.90 Å². The van der Waals surface area contributed by atoms with E-state index in [0.717, 1.165) is 24.9 Å². The van der Waals surface area contributed by atoms with E-state index >= 15 is 0 Å². The summed E-state index contributed by atoms with van der Waals surface area (Å²) >= 11 is 0. The van der Waals surface area contributed by atoms with Crippen molar-refractivity contribution in [3.63, 3.8) is 0 Å². The lowest BCUT2D eigenvalue weighted by Gasteiger charge is -2.60. The highest BCUT2D eigenvalue weighted by molar-refractivity contribution is 5.85. The Morgan fingerprint density at radius 3 is 3.00 bits per heavy atom. The van der Waals surface area contributed by atoms with Crippen LogP contribution in [-0.4, -0.2) is 41.5 Å². The van der Waals surface area contributed by atoms with Crippen LogP contribution in [0.25, 0.3) is 10.9 Å². The molecule has 1 amide bonds. The summed E-state index contributed by atoms with van der Waals surface area (Å²) in [5.41, 5.74) is 4.34. The molecule has 6 atom stereocenters. The summed E-state index contributed by atoms with van der Waals surface area (Å²) in [4.78, 5) is 19.5. The van der Waals surface area contributed by atoms with Crippen LogP contribution in [-0.2, 0) is 11.2 Å². The van der Waals surface area contributed by atoms with Crippen LogP contribution in [0.1, 0.15) is 43.0 Å². The molecule has 2 N–H and O–H groups in total. The molecule has 1 aromatic carbocycles. The second-order valence-corrected chi connectivity index (χ2v) is 8.60. The third kappa shape index (κ3) is 1.78. The molecule has 7 rings (SSSR count). The number of para-hydroxylation sites is 1. The first kappa shape index (κ1) is 14.4. The molecule has 5 heterocycles. The number of hydrogen-bond acceptors (Lipinski definition) is 1. The van der Waals surface area contributed by atoms with Crippen LogP contribution in [0.3, 0.4) is 0 Å². The van der Waals surface area contributed by atoms with E-state index in [4.69, 9.17) is 0 Å². The summed E-state index contributed by atoms with van der Waals surface area (Å²) in [5.74, 6) is 1.36. The first-order valence-electron chi connectivity index (χ1n) is 10.0. The summed E-state index contributed by atoms with van der Waals surface area (Å²) in [6.07, 6.45) is 7.51. The van der Waals surface area contributed by atoms with Crippen molar-refractivity contribution in [2.75, 3.05) is 13.1 Å². The molecule has 130 valence electrons. The molecule has 1 aromatic heterocycles. The minimum atomic E-state index is 0.483. The summed E-state index contributed by atoms with van der Waals surface area (Å²) in [6, 6.07) is 10.6. The molecule has 4 fully saturated rings. The second-order valence-electron chi connectivity index (χ2n) is 8.60. The highest BCUT2D eigenvalue weighted by Gasteiger charge is 2.60. The van der Waals surface area contributed by atoms with Gasteiger partial charge in [0, 0.05) is 48.2 Å². The van der Waals surface area contributed by atoms with Crippen LogP contribution in [0.15, 0.2) is 24.3 Å². The third-order valence-corrected chi connectivity index (χ3v) is 7.80. The Labute approximate surface area is 148 Å². The lowest BCUT2D eigenvalue weighted by molar-refractivity contribution is -0.979. The predicted octanol–water partition coefficient (Wildman–Crippen LogP) is 1.68. The number of fused-ring (bicyclic) bond motifs is 4. The van der Waals surface area contributed by atoms with Gasteiger partial charge in [-0.25, -0.2) is 0 Å². The highest BCUT2D eigenvalue weighted by atomic mass is 16.1. The fourth-order valence-corrected chi connectivity index (χ4v) is 7.05. The quantitative estimate of drug-likeness (QED) is 0.765. The maximum absolute atomic E-state index is 11.7. The molecule has 3 saturated heterocycles. The number of nitrogens with one attached hydrogen (secondary N) is 2. The first-order valence-corrected chi connectivity index (χ1v) is 10.0. The highest BCUT2D eigenvalue weighted by Crippen LogP contribution is 2.48. The number of aromatic nitrogens is 1. The Balaban J connectivity index is 1.50. The van der Waals surface area contributed by atoms with Crippen molar-refractivity contribution in [2.45, 2.75) is 50.2 Å². The fraction of sp³-hybridized carbons (Fsp3) is 0.571. The molecule has 1 aliphatic carbocycles. The number of hydrogen-bond donors (Lipinski definition) is 2. The van der Waals surface area contributed by atoms with E-state index in [2.05, 4.69) is 34.1 Å². The Morgan fingerprint density at radius 2 is 2.08 bits per heavy atom. The largest absolute Gasteiger partial charge is 0.353 e. The number of rotatable bonds is 1. The normalized spacial score (nSPS) is 39.0. The van der Waals surface area contributed by atoms with Crippen molar-refractivity contribution in [1.29, 1.82) is 0 Å². The predicted molar refractivity (Wildman–Crippen MR) is 96.4 cm³/mol. The zero-order chi connectivity index (χ0) is 16.5. The number of nitrogens with zero attached hydrogens (tertiary/aromatic N) is 1. The maximum Gasteiger partial charge on any atom is 0.209 e. The van der Waals surface area contributed by atoms with Crippen LogP contribution in [0.2, 0.25) is 0 Å². The van der Waals surface area contributed by atoms with Crippen molar-refractivity contribution < 1.29 is 9.69 Å². The van der Waals surface area contributed by atoms with Gasteiger partial charge in [-0.15, -0.1) is 0 Å². The van der Waals surface area contributed by atoms with E-state index in [0.29, 0.717) is 18.0 Å². The van der Waals surface area contributed by atoms with Gasteiger partial charge in [0.05, 0.1) is 18.3 Å². The summed E-state index contributed by atoms with van der Waals surface area (Å²) in [7, 11) is 0. The monoisotopic (exact) mass is 336 g/mol. The van der Waals surface area contributed by atoms with Gasteiger partial charge >= 0.3 is 0 Å². The Kier molecular flexibility index (Phi) is 2.93. The second kappa shape index (κ2) is 5.10. The molecule has 25 heavy (non-hydrogen) atoms. The number of aromatic amines is 1. The van der Waals surface area contributed by atoms with Crippen molar-refractivity contribution in [3.8, 4) is 0 Å². The lowest BCUT2D eigenvalue weighted by atomic mass is 9.61. The van der Waals surface area contributed by atoms with E-state index in [1.165, 1.54) is 55.2 Å². The standard InChI is InChI=1S/C21H25N3O/c25-12-23-10-3-5-15-18-8-7-16(20(15)23)21-19-14(9-11-24(18)21)13-4-1-2-6-17(13)22-19/h1-2,4,6,12,15-16,18,20-22H,3,5,7-11H2/p+1/t15-,16-,18+,20-,21+/m1/s1. The maximum atomic E-state index is 11.7. The number of carbonyl (C=O) groups is 1. The van der Waals surface area contributed by atoms with Crippen molar-refractivity contribution in [2.24, 2.45) is 11.8 Å². The molecule has 0 spiro atoms. The van der Waals surface area contributed by atoms with Crippen molar-refractivity contribution in [3.05, 3.63) is 35.5 Å². The number of quaternary nitrogens is 1. The van der Waals surface area contributed by atoms with Gasteiger partial charge in [0.2, 0.25) is 6.41 Å². The summed E-state index contributed by atoms with van der Waals surface area (Å²) in [6.45, 7) is 2.24. The zero-order valence-electron chi connectivity index (χ0n) is 14.6. The summed E-state index contributed by atoms with van der Waals surface area (Å²) in [5, 5.41) is 1.42. The number of piperidine rings is 3. The lowest BCUT2D eigenvalue weighted by Crippen LogP contribution is -3.21. The molecule has 4 nitrogen and oxygen atoms in total. The van der Waals surface area contributed by atoms with Crippen LogP contribution in [0.4, 0.5) is 0 Å². The smallest absolute Gasteiger partial charge is 0.209 e. The topological polar surface area (TPSA) is 40.5 Å². The Morgan fingerprint density at radius 1 is 1.16 bits per heavy atom. The van der Waals surface area contributed by atoms with Gasteiger partial charge in [0.25, 0.3) is 0 Å². The Bertz CT molecular complexity index is 843. The number of amides is 1. The molecule has 2 bridgehead atoms. The van der Waals surface area contributed by atoms with E-state index < -0.39 is 0 Å². The van der Waals surface area contributed by atoms with Gasteiger partial charge < -0.3 is 14.8 Å². The minimum Gasteiger partial charge on any atom is -0.353 e. The Hall–Kier alpha value is -1.81. The number of likely N-dealkylation sites (tertiary alicyclic amines) is 1. The van der Waals surface area contributed by atoms with Crippen LogP contribution < -0.4 is 4.90 Å². The van der Waals surface area contributed by atoms with Gasteiger partial charge in [-0.05, 0) is 30.9 Å². The molecular weight excluding hydrogens is 310 g/mol.